The number of rotatable bonds is 5. The van der Waals surface area contributed by atoms with Crippen molar-refractivity contribution in [2.24, 2.45) is 0 Å². The lowest BCUT2D eigenvalue weighted by atomic mass is 10.0. The Morgan fingerprint density at radius 2 is 1.63 bits per heavy atom. The van der Waals surface area contributed by atoms with Gasteiger partial charge in [0.15, 0.2) is 0 Å². The van der Waals surface area contributed by atoms with E-state index in [1.54, 1.807) is 6.92 Å². The summed E-state index contributed by atoms with van der Waals surface area (Å²) in [5.74, 6) is -1.03. The van der Waals surface area contributed by atoms with Gasteiger partial charge in [-0.25, -0.2) is 0 Å². The van der Waals surface area contributed by atoms with Crippen LogP contribution in [0.15, 0.2) is 41.4 Å². The number of aromatic nitrogens is 1. The third kappa shape index (κ3) is 5.38. The van der Waals surface area contributed by atoms with Gasteiger partial charge >= 0.3 is 18.3 Å². The molecule has 0 fully saturated rings. The fourth-order valence-electron chi connectivity index (χ4n) is 2.20. The topological polar surface area (TPSA) is 50.2 Å². The first-order valence-electron chi connectivity index (χ1n) is 7.57. The molecule has 2 aromatic rings. The number of alkyl halides is 6. The number of halogens is 6. The van der Waals surface area contributed by atoms with Gasteiger partial charge in [-0.3, -0.25) is 9.78 Å². The van der Waals surface area contributed by atoms with Crippen LogP contribution in [-0.4, -0.2) is 21.3 Å². The summed E-state index contributed by atoms with van der Waals surface area (Å²) in [6.45, 7) is 1.68. The van der Waals surface area contributed by atoms with E-state index in [0.717, 1.165) is 11.8 Å². The summed E-state index contributed by atoms with van der Waals surface area (Å²) in [5.41, 5.74) is -3.27. The second kappa shape index (κ2) is 7.79. The van der Waals surface area contributed by atoms with E-state index < -0.39 is 34.7 Å². The van der Waals surface area contributed by atoms with Crippen molar-refractivity contribution < 1.29 is 36.2 Å². The highest BCUT2D eigenvalue weighted by Gasteiger charge is 2.37. The van der Waals surface area contributed by atoms with Crippen LogP contribution in [0.1, 0.15) is 24.5 Å². The molecule has 0 bridgehead atoms. The molecule has 146 valence electrons. The first-order chi connectivity index (χ1) is 12.4. The van der Waals surface area contributed by atoms with Crippen molar-refractivity contribution >= 4 is 17.7 Å². The average molecular weight is 409 g/mol. The number of nitrogens with zero attached hydrogens (tertiary/aromatic N) is 1. The standard InChI is InChI=1S/C17H13F6NO2S/c1-2-14(15(25)26)27-12-3-4-13(24-8-12)9-5-10(16(18,19)20)7-11(6-9)17(21,22)23/h3-8,14H,2H2,1H3,(H,25,26). The van der Waals surface area contributed by atoms with Gasteiger partial charge < -0.3 is 5.11 Å². The Bertz CT molecular complexity index is 785. The van der Waals surface area contributed by atoms with Crippen LogP contribution in [0.5, 0.6) is 0 Å². The number of carboxylic acids is 1. The summed E-state index contributed by atoms with van der Waals surface area (Å²) in [7, 11) is 0. The zero-order valence-corrected chi connectivity index (χ0v) is 14.5. The van der Waals surface area contributed by atoms with Crippen LogP contribution in [0.4, 0.5) is 26.3 Å². The molecule has 1 heterocycles. The molecule has 1 N–H and O–H groups in total. The van der Waals surface area contributed by atoms with E-state index in [9.17, 15) is 31.1 Å². The lowest BCUT2D eigenvalue weighted by Gasteiger charge is -2.14. The van der Waals surface area contributed by atoms with E-state index >= 15 is 0 Å². The smallest absolute Gasteiger partial charge is 0.416 e. The second-order valence-corrected chi connectivity index (χ2v) is 6.80. The van der Waals surface area contributed by atoms with Crippen LogP contribution in [0, 0.1) is 0 Å². The summed E-state index contributed by atoms with van der Waals surface area (Å²) in [6, 6.07) is 3.90. The molecule has 10 heteroatoms. The number of thioether (sulfide) groups is 1. The number of pyridine rings is 1. The number of hydrogen-bond acceptors (Lipinski definition) is 3. The van der Waals surface area contributed by atoms with E-state index in [-0.39, 0.29) is 17.3 Å². The third-order valence-corrected chi connectivity index (χ3v) is 4.88. The molecule has 0 spiro atoms. The zero-order valence-electron chi connectivity index (χ0n) is 13.7. The van der Waals surface area contributed by atoms with Crippen molar-refractivity contribution in [3.05, 3.63) is 47.7 Å². The number of carboxylic acid groups (broad SMARTS) is 1. The lowest BCUT2D eigenvalue weighted by molar-refractivity contribution is -0.143. The summed E-state index contributed by atoms with van der Waals surface area (Å²) in [6.07, 6.45) is -8.33. The van der Waals surface area contributed by atoms with Crippen LogP contribution in [0.25, 0.3) is 11.3 Å². The molecular weight excluding hydrogens is 396 g/mol. The molecule has 2 rings (SSSR count). The van der Waals surface area contributed by atoms with Gasteiger partial charge in [0.25, 0.3) is 0 Å². The quantitative estimate of drug-likeness (QED) is 0.505. The summed E-state index contributed by atoms with van der Waals surface area (Å²) >= 11 is 0.993. The molecule has 0 aliphatic rings. The van der Waals surface area contributed by atoms with Gasteiger partial charge in [-0.15, -0.1) is 11.8 Å². The molecule has 1 aromatic heterocycles. The van der Waals surface area contributed by atoms with Crippen LogP contribution in [-0.2, 0) is 17.1 Å². The Morgan fingerprint density at radius 1 is 1.07 bits per heavy atom. The van der Waals surface area contributed by atoms with Gasteiger partial charge in [-0.05, 0) is 36.8 Å². The number of aliphatic carboxylic acids is 1. The predicted octanol–water partition coefficient (Wildman–Crippen LogP) is 5.74. The van der Waals surface area contributed by atoms with Crippen LogP contribution in [0.3, 0.4) is 0 Å². The first-order valence-corrected chi connectivity index (χ1v) is 8.45. The Kier molecular flexibility index (Phi) is 6.08. The molecule has 0 radical (unpaired) electrons. The van der Waals surface area contributed by atoms with Gasteiger partial charge in [-0.1, -0.05) is 6.92 Å². The SMILES string of the molecule is CCC(Sc1ccc(-c2cc(C(F)(F)F)cc(C(F)(F)F)c2)nc1)C(=O)O. The molecule has 0 aliphatic carbocycles. The van der Waals surface area contributed by atoms with E-state index in [1.165, 1.54) is 18.3 Å². The first kappa shape index (κ1) is 21.1. The van der Waals surface area contributed by atoms with Crippen molar-refractivity contribution in [1.82, 2.24) is 4.98 Å². The number of benzene rings is 1. The molecule has 27 heavy (non-hydrogen) atoms. The van der Waals surface area contributed by atoms with E-state index in [2.05, 4.69) is 4.98 Å². The molecular formula is C17H13F6NO2S. The highest BCUT2D eigenvalue weighted by Crippen LogP contribution is 2.38. The minimum atomic E-state index is -4.94. The van der Waals surface area contributed by atoms with Gasteiger partial charge in [0.1, 0.15) is 5.25 Å². The molecule has 0 aliphatic heterocycles. The third-order valence-electron chi connectivity index (χ3n) is 3.54. The average Bonchev–Trinajstić information content (AvgIpc) is 2.58. The van der Waals surface area contributed by atoms with Crippen LogP contribution >= 0.6 is 11.8 Å². The van der Waals surface area contributed by atoms with Crippen molar-refractivity contribution in [3.63, 3.8) is 0 Å². The summed E-state index contributed by atoms with van der Waals surface area (Å²) in [4.78, 5) is 15.4. The van der Waals surface area contributed by atoms with Crippen molar-refractivity contribution in [3.8, 4) is 11.3 Å². The summed E-state index contributed by atoms with van der Waals surface area (Å²) in [5, 5.41) is 8.29. The maximum Gasteiger partial charge on any atom is 0.416 e. The van der Waals surface area contributed by atoms with E-state index in [4.69, 9.17) is 5.11 Å². The Balaban J connectivity index is 2.41. The Hall–Kier alpha value is -2.23. The van der Waals surface area contributed by atoms with Crippen molar-refractivity contribution in [1.29, 1.82) is 0 Å². The minimum Gasteiger partial charge on any atom is -0.480 e. The fraction of sp³-hybridized carbons (Fsp3) is 0.294. The van der Waals surface area contributed by atoms with Gasteiger partial charge in [0, 0.05) is 16.7 Å². The molecule has 3 nitrogen and oxygen atoms in total. The van der Waals surface area contributed by atoms with Crippen LogP contribution < -0.4 is 0 Å². The Morgan fingerprint density at radius 3 is 2.00 bits per heavy atom. The predicted molar refractivity (Wildman–Crippen MR) is 87.2 cm³/mol. The monoisotopic (exact) mass is 409 g/mol. The molecule has 1 atom stereocenters. The van der Waals surface area contributed by atoms with Crippen LogP contribution in [0.2, 0.25) is 0 Å². The van der Waals surface area contributed by atoms with E-state index in [1.807, 2.05) is 0 Å². The maximum absolute atomic E-state index is 12.9. The zero-order chi connectivity index (χ0) is 20.4. The lowest BCUT2D eigenvalue weighted by Crippen LogP contribution is -2.14. The largest absolute Gasteiger partial charge is 0.480 e. The highest BCUT2D eigenvalue weighted by molar-refractivity contribution is 8.00. The molecule has 0 amide bonds. The highest BCUT2D eigenvalue weighted by atomic mass is 32.2. The van der Waals surface area contributed by atoms with Crippen molar-refractivity contribution in [2.75, 3.05) is 0 Å². The number of hydrogen-bond donors (Lipinski definition) is 1. The van der Waals surface area contributed by atoms with Crippen molar-refractivity contribution in [2.45, 2.75) is 35.8 Å². The Labute approximate surface area is 154 Å². The molecule has 1 unspecified atom stereocenters. The fourth-order valence-corrected chi connectivity index (χ4v) is 3.05. The van der Waals surface area contributed by atoms with Gasteiger partial charge in [0.2, 0.25) is 0 Å². The van der Waals surface area contributed by atoms with E-state index in [0.29, 0.717) is 23.4 Å². The van der Waals surface area contributed by atoms with Gasteiger partial charge in [-0.2, -0.15) is 26.3 Å². The summed E-state index contributed by atoms with van der Waals surface area (Å²) < 4.78 is 77.6. The minimum absolute atomic E-state index is 0.0480. The number of carbonyl (C=O) groups is 1. The molecule has 1 aromatic carbocycles. The molecule has 0 saturated carbocycles. The second-order valence-electron chi connectivity index (χ2n) is 5.53. The maximum atomic E-state index is 12.9. The van der Waals surface area contributed by atoms with Gasteiger partial charge in [0.05, 0.1) is 16.8 Å². The molecule has 0 saturated heterocycles. The normalized spacial score (nSPS) is 13.4.